The number of hydrogen-bond acceptors (Lipinski definition) is 4. The molecule has 16 heavy (non-hydrogen) atoms. The van der Waals surface area contributed by atoms with Crippen molar-refractivity contribution in [1.29, 1.82) is 0 Å². The highest BCUT2D eigenvalue weighted by Gasteiger charge is 2.00. The smallest absolute Gasteiger partial charge is 0.222 e. The summed E-state index contributed by atoms with van der Waals surface area (Å²) in [6.07, 6.45) is 2.52. The molecule has 5 nitrogen and oxygen atoms in total. The summed E-state index contributed by atoms with van der Waals surface area (Å²) in [5.41, 5.74) is 0. The lowest BCUT2D eigenvalue weighted by Gasteiger charge is -2.08. The Morgan fingerprint density at radius 1 is 1.38 bits per heavy atom. The Kier molecular flexibility index (Phi) is 4.69. The van der Waals surface area contributed by atoms with E-state index in [2.05, 4.69) is 34.4 Å². The number of rotatable bonds is 5. The number of nitrogens with one attached hydrogen (secondary N) is 2. The van der Waals surface area contributed by atoms with Crippen molar-refractivity contribution in [3.8, 4) is 0 Å². The van der Waals surface area contributed by atoms with Gasteiger partial charge in [-0.05, 0) is 12.3 Å². The first-order valence-electron chi connectivity index (χ1n) is 5.41. The van der Waals surface area contributed by atoms with Crippen LogP contribution in [0.1, 0.15) is 27.2 Å². The zero-order chi connectivity index (χ0) is 12.0. The Morgan fingerprint density at radius 2 is 2.06 bits per heavy atom. The molecule has 5 heteroatoms. The van der Waals surface area contributed by atoms with Gasteiger partial charge >= 0.3 is 0 Å². The van der Waals surface area contributed by atoms with Crippen LogP contribution in [0.15, 0.2) is 12.4 Å². The summed E-state index contributed by atoms with van der Waals surface area (Å²) in [5.74, 6) is 1.78. The highest BCUT2D eigenvalue weighted by molar-refractivity contribution is 5.87. The van der Waals surface area contributed by atoms with E-state index in [1.54, 1.807) is 6.07 Å². The van der Waals surface area contributed by atoms with E-state index >= 15 is 0 Å². The quantitative estimate of drug-likeness (QED) is 0.798. The van der Waals surface area contributed by atoms with E-state index < -0.39 is 0 Å². The van der Waals surface area contributed by atoms with Crippen LogP contribution in [0.3, 0.4) is 0 Å². The van der Waals surface area contributed by atoms with E-state index in [4.69, 9.17) is 0 Å². The number of aromatic nitrogens is 2. The molecule has 0 aliphatic heterocycles. The van der Waals surface area contributed by atoms with Gasteiger partial charge in [-0.25, -0.2) is 9.97 Å². The molecule has 1 aromatic heterocycles. The maximum Gasteiger partial charge on any atom is 0.222 e. The van der Waals surface area contributed by atoms with Crippen molar-refractivity contribution in [1.82, 2.24) is 9.97 Å². The van der Waals surface area contributed by atoms with E-state index in [-0.39, 0.29) is 5.91 Å². The summed E-state index contributed by atoms with van der Waals surface area (Å²) in [5, 5.41) is 5.80. The van der Waals surface area contributed by atoms with Gasteiger partial charge in [-0.3, -0.25) is 4.79 Å². The summed E-state index contributed by atoms with van der Waals surface area (Å²) < 4.78 is 0. The molecule has 1 heterocycles. The van der Waals surface area contributed by atoms with Crippen LogP contribution >= 0.6 is 0 Å². The monoisotopic (exact) mass is 222 g/mol. The van der Waals surface area contributed by atoms with Gasteiger partial charge in [0.05, 0.1) is 0 Å². The minimum absolute atomic E-state index is 0.133. The first kappa shape index (κ1) is 12.4. The van der Waals surface area contributed by atoms with Gasteiger partial charge in [0, 0.05) is 19.5 Å². The van der Waals surface area contributed by atoms with Gasteiger partial charge in [0.25, 0.3) is 0 Å². The van der Waals surface area contributed by atoms with Crippen molar-refractivity contribution in [2.45, 2.75) is 27.2 Å². The molecule has 0 fully saturated rings. The molecule has 0 radical (unpaired) electrons. The van der Waals surface area contributed by atoms with Crippen molar-refractivity contribution in [2.75, 3.05) is 17.2 Å². The van der Waals surface area contributed by atoms with Gasteiger partial charge in [-0.1, -0.05) is 13.8 Å². The predicted octanol–water partition coefficient (Wildman–Crippen LogP) is 1.89. The van der Waals surface area contributed by atoms with Crippen LogP contribution in [-0.4, -0.2) is 22.4 Å². The van der Waals surface area contributed by atoms with E-state index in [1.807, 2.05) is 0 Å². The zero-order valence-corrected chi connectivity index (χ0v) is 9.95. The normalized spacial score (nSPS) is 10.2. The number of amides is 1. The molecule has 2 N–H and O–H groups in total. The molecular formula is C11H18N4O. The molecule has 0 saturated heterocycles. The molecule has 0 aliphatic rings. The standard InChI is InChI=1S/C11H18N4O/c1-8(2)4-5-12-10-6-11(14-7-13-10)15-9(3)16/h6-8H,4-5H2,1-3H3,(H2,12,13,14,15,16). The SMILES string of the molecule is CC(=O)Nc1cc(NCCC(C)C)ncn1. The van der Waals surface area contributed by atoms with Crippen LogP contribution in [0.25, 0.3) is 0 Å². The highest BCUT2D eigenvalue weighted by Crippen LogP contribution is 2.09. The Hall–Kier alpha value is -1.65. The highest BCUT2D eigenvalue weighted by atomic mass is 16.1. The number of carbonyl (C=O) groups is 1. The minimum atomic E-state index is -0.133. The third-order valence-corrected chi connectivity index (χ3v) is 2.00. The zero-order valence-electron chi connectivity index (χ0n) is 9.95. The fourth-order valence-electron chi connectivity index (χ4n) is 1.19. The van der Waals surface area contributed by atoms with E-state index in [9.17, 15) is 4.79 Å². The first-order chi connectivity index (χ1) is 7.58. The van der Waals surface area contributed by atoms with Gasteiger partial charge < -0.3 is 10.6 Å². The Bertz CT molecular complexity index is 352. The van der Waals surface area contributed by atoms with Gasteiger partial charge in [-0.15, -0.1) is 0 Å². The van der Waals surface area contributed by atoms with Crippen LogP contribution < -0.4 is 10.6 Å². The number of hydrogen-bond donors (Lipinski definition) is 2. The molecule has 1 rings (SSSR count). The maximum atomic E-state index is 10.8. The second kappa shape index (κ2) is 6.05. The third-order valence-electron chi connectivity index (χ3n) is 2.00. The van der Waals surface area contributed by atoms with Crippen molar-refractivity contribution in [2.24, 2.45) is 5.92 Å². The molecule has 0 aliphatic carbocycles. The van der Waals surface area contributed by atoms with E-state index in [1.165, 1.54) is 13.3 Å². The summed E-state index contributed by atoms with van der Waals surface area (Å²) in [6.45, 7) is 6.66. The van der Waals surface area contributed by atoms with Crippen molar-refractivity contribution in [3.05, 3.63) is 12.4 Å². The largest absolute Gasteiger partial charge is 0.370 e. The van der Waals surface area contributed by atoms with Gasteiger partial charge in [0.1, 0.15) is 18.0 Å². The van der Waals surface area contributed by atoms with Crippen LogP contribution in [0.5, 0.6) is 0 Å². The maximum absolute atomic E-state index is 10.8. The fraction of sp³-hybridized carbons (Fsp3) is 0.545. The Balaban J connectivity index is 2.50. The van der Waals surface area contributed by atoms with Crippen molar-refractivity contribution < 1.29 is 4.79 Å². The second-order valence-electron chi connectivity index (χ2n) is 4.08. The molecule has 0 spiro atoms. The summed E-state index contributed by atoms with van der Waals surface area (Å²) in [4.78, 5) is 18.8. The van der Waals surface area contributed by atoms with Gasteiger partial charge in [0.15, 0.2) is 0 Å². The van der Waals surface area contributed by atoms with Crippen molar-refractivity contribution in [3.63, 3.8) is 0 Å². The third kappa shape index (κ3) is 4.72. The molecule has 1 amide bonds. The molecular weight excluding hydrogens is 204 g/mol. The fourth-order valence-corrected chi connectivity index (χ4v) is 1.19. The molecule has 0 atom stereocenters. The average molecular weight is 222 g/mol. The molecule has 0 bridgehead atoms. The predicted molar refractivity (Wildman–Crippen MR) is 64.3 cm³/mol. The second-order valence-corrected chi connectivity index (χ2v) is 4.08. The van der Waals surface area contributed by atoms with Crippen LogP contribution in [0.2, 0.25) is 0 Å². The summed E-state index contributed by atoms with van der Waals surface area (Å²) >= 11 is 0. The molecule has 0 aromatic carbocycles. The first-order valence-corrected chi connectivity index (χ1v) is 5.41. The lowest BCUT2D eigenvalue weighted by molar-refractivity contribution is -0.114. The van der Waals surface area contributed by atoms with Crippen LogP contribution in [0, 0.1) is 5.92 Å². The molecule has 1 aromatic rings. The topological polar surface area (TPSA) is 66.9 Å². The van der Waals surface area contributed by atoms with Crippen LogP contribution in [-0.2, 0) is 4.79 Å². The average Bonchev–Trinajstić information content (AvgIpc) is 2.16. The van der Waals surface area contributed by atoms with Gasteiger partial charge in [-0.2, -0.15) is 0 Å². The van der Waals surface area contributed by atoms with Gasteiger partial charge in [0.2, 0.25) is 5.91 Å². The number of nitrogens with zero attached hydrogens (tertiary/aromatic N) is 2. The number of carbonyl (C=O) groups excluding carboxylic acids is 1. The Morgan fingerprint density at radius 3 is 2.69 bits per heavy atom. The summed E-state index contributed by atoms with van der Waals surface area (Å²) in [7, 11) is 0. The summed E-state index contributed by atoms with van der Waals surface area (Å²) in [6, 6.07) is 1.72. The number of anilines is 2. The van der Waals surface area contributed by atoms with E-state index in [0.717, 1.165) is 18.8 Å². The van der Waals surface area contributed by atoms with E-state index in [0.29, 0.717) is 11.7 Å². The lowest BCUT2D eigenvalue weighted by Crippen LogP contribution is -2.10. The molecule has 0 saturated carbocycles. The van der Waals surface area contributed by atoms with Crippen molar-refractivity contribution >= 4 is 17.5 Å². The Labute approximate surface area is 95.7 Å². The molecule has 0 unspecified atom stereocenters. The molecule has 88 valence electrons. The lowest BCUT2D eigenvalue weighted by atomic mass is 10.1. The minimum Gasteiger partial charge on any atom is -0.370 e. The van der Waals surface area contributed by atoms with Crippen LogP contribution in [0.4, 0.5) is 11.6 Å².